The third kappa shape index (κ3) is 2.96. The zero-order valence-corrected chi connectivity index (χ0v) is 15.3. The number of nitrogens with one attached hydrogen (secondary N) is 1. The molecule has 2 aliphatic heterocycles. The minimum atomic E-state index is -4.54. The molecule has 28 heavy (non-hydrogen) atoms. The van der Waals surface area contributed by atoms with E-state index in [2.05, 4.69) is 5.32 Å². The number of halogens is 3. The Morgan fingerprint density at radius 1 is 1.25 bits per heavy atom. The molecule has 1 saturated heterocycles. The number of hydrogen-bond acceptors (Lipinski definition) is 3. The Morgan fingerprint density at radius 3 is 2.68 bits per heavy atom. The summed E-state index contributed by atoms with van der Waals surface area (Å²) in [7, 11) is 0. The van der Waals surface area contributed by atoms with E-state index in [-0.39, 0.29) is 23.4 Å². The van der Waals surface area contributed by atoms with Crippen molar-refractivity contribution in [2.45, 2.75) is 38.7 Å². The van der Waals surface area contributed by atoms with Crippen LogP contribution in [0.25, 0.3) is 0 Å². The standard InChI is InChI=1S/C20H19F3N2O3/c1-10-11(2)19(25(18(10)27)9-20(21,22)23)28-8-15-14-7-12-5-3-4-6-13(12)16(14)24-17(15)26/h3-6,8,14,16,19H,7,9H2,1-2H3,(H,24,26). The van der Waals surface area contributed by atoms with E-state index in [0.29, 0.717) is 22.5 Å². The predicted octanol–water partition coefficient (Wildman–Crippen LogP) is 3.00. The fourth-order valence-corrected chi connectivity index (χ4v) is 4.17. The highest BCUT2D eigenvalue weighted by atomic mass is 19.4. The zero-order valence-electron chi connectivity index (χ0n) is 15.3. The normalized spacial score (nSPS) is 28.1. The van der Waals surface area contributed by atoms with Crippen LogP contribution in [0.5, 0.6) is 0 Å². The number of alkyl halides is 3. The van der Waals surface area contributed by atoms with Crippen molar-refractivity contribution < 1.29 is 27.5 Å². The summed E-state index contributed by atoms with van der Waals surface area (Å²) in [6.07, 6.45) is -3.83. The molecule has 3 aliphatic rings. The Bertz CT molecular complexity index is 920. The van der Waals surface area contributed by atoms with Gasteiger partial charge in [0, 0.05) is 11.5 Å². The van der Waals surface area contributed by atoms with E-state index in [4.69, 9.17) is 4.74 Å². The van der Waals surface area contributed by atoms with Crippen LogP contribution in [0, 0.1) is 5.92 Å². The van der Waals surface area contributed by atoms with Crippen LogP contribution in [-0.2, 0) is 20.7 Å². The maximum atomic E-state index is 12.9. The first-order valence-corrected chi connectivity index (χ1v) is 8.96. The molecule has 0 bridgehead atoms. The van der Waals surface area contributed by atoms with E-state index in [9.17, 15) is 22.8 Å². The van der Waals surface area contributed by atoms with Crippen molar-refractivity contribution >= 4 is 11.8 Å². The first kappa shape index (κ1) is 18.6. The molecule has 3 unspecified atom stereocenters. The summed E-state index contributed by atoms with van der Waals surface area (Å²) in [6, 6.07) is 7.63. The summed E-state index contributed by atoms with van der Waals surface area (Å²) >= 11 is 0. The molecule has 5 nitrogen and oxygen atoms in total. The van der Waals surface area contributed by atoms with Crippen LogP contribution in [0.4, 0.5) is 13.2 Å². The van der Waals surface area contributed by atoms with Crippen molar-refractivity contribution in [1.29, 1.82) is 0 Å². The van der Waals surface area contributed by atoms with Crippen molar-refractivity contribution in [2.24, 2.45) is 5.92 Å². The summed E-state index contributed by atoms with van der Waals surface area (Å²) in [6.45, 7) is 1.64. The third-order valence-electron chi connectivity index (χ3n) is 5.68. The molecule has 1 aromatic carbocycles. The van der Waals surface area contributed by atoms with Crippen LogP contribution in [0.15, 0.2) is 47.2 Å². The number of fused-ring (bicyclic) bond motifs is 3. The Hall–Kier alpha value is -2.77. The van der Waals surface area contributed by atoms with Crippen LogP contribution >= 0.6 is 0 Å². The Morgan fingerprint density at radius 2 is 1.96 bits per heavy atom. The molecule has 0 saturated carbocycles. The number of carbonyl (C=O) groups excluding carboxylic acids is 2. The molecule has 0 aromatic heterocycles. The van der Waals surface area contributed by atoms with Gasteiger partial charge in [-0.2, -0.15) is 13.2 Å². The second-order valence-corrected chi connectivity index (χ2v) is 7.38. The quantitative estimate of drug-likeness (QED) is 0.636. The third-order valence-corrected chi connectivity index (χ3v) is 5.68. The maximum Gasteiger partial charge on any atom is 0.406 e. The first-order valence-electron chi connectivity index (χ1n) is 8.96. The van der Waals surface area contributed by atoms with Gasteiger partial charge in [0.1, 0.15) is 6.54 Å². The van der Waals surface area contributed by atoms with Crippen LogP contribution in [-0.4, -0.2) is 35.7 Å². The van der Waals surface area contributed by atoms with Gasteiger partial charge >= 0.3 is 6.18 Å². The van der Waals surface area contributed by atoms with Crippen molar-refractivity contribution in [3.05, 3.63) is 58.4 Å². The average molecular weight is 392 g/mol. The van der Waals surface area contributed by atoms with Crippen LogP contribution in [0.2, 0.25) is 0 Å². The van der Waals surface area contributed by atoms with Gasteiger partial charge in [-0.15, -0.1) is 0 Å². The Kier molecular flexibility index (Phi) is 4.24. The SMILES string of the molecule is CC1=C(C)C(OC=C2C(=O)NC3c4ccccc4CC23)N(CC(F)(F)F)C1=O. The van der Waals surface area contributed by atoms with Gasteiger partial charge in [0.25, 0.3) is 11.8 Å². The number of ether oxygens (including phenoxy) is 1. The largest absolute Gasteiger partial charge is 0.474 e. The molecule has 1 aliphatic carbocycles. The summed E-state index contributed by atoms with van der Waals surface area (Å²) in [4.78, 5) is 25.2. The summed E-state index contributed by atoms with van der Waals surface area (Å²) in [5, 5.41) is 2.92. The van der Waals surface area contributed by atoms with E-state index in [1.807, 2.05) is 24.3 Å². The number of benzene rings is 1. The van der Waals surface area contributed by atoms with Gasteiger partial charge in [-0.3, -0.25) is 14.5 Å². The number of amides is 2. The lowest BCUT2D eigenvalue weighted by Crippen LogP contribution is -2.42. The van der Waals surface area contributed by atoms with Crippen molar-refractivity contribution in [1.82, 2.24) is 10.2 Å². The highest BCUT2D eigenvalue weighted by molar-refractivity contribution is 5.98. The molecule has 4 rings (SSSR count). The van der Waals surface area contributed by atoms with Crippen LogP contribution in [0.3, 0.4) is 0 Å². The van der Waals surface area contributed by atoms with E-state index < -0.39 is 24.9 Å². The molecule has 3 atom stereocenters. The lowest BCUT2D eigenvalue weighted by atomic mass is 9.97. The molecule has 148 valence electrons. The fourth-order valence-electron chi connectivity index (χ4n) is 4.17. The highest BCUT2D eigenvalue weighted by Crippen LogP contribution is 2.44. The van der Waals surface area contributed by atoms with Gasteiger partial charge in [-0.1, -0.05) is 24.3 Å². The van der Waals surface area contributed by atoms with E-state index >= 15 is 0 Å². The summed E-state index contributed by atoms with van der Waals surface area (Å²) < 4.78 is 44.3. The molecule has 0 spiro atoms. The lowest BCUT2D eigenvalue weighted by molar-refractivity contribution is -0.170. The smallest absolute Gasteiger partial charge is 0.406 e. The molecule has 1 fully saturated rings. The van der Waals surface area contributed by atoms with Crippen molar-refractivity contribution in [2.75, 3.05) is 6.54 Å². The lowest BCUT2D eigenvalue weighted by Gasteiger charge is -2.26. The van der Waals surface area contributed by atoms with E-state index in [1.54, 1.807) is 6.92 Å². The molecule has 2 amide bonds. The molecule has 0 radical (unpaired) electrons. The maximum absolute atomic E-state index is 12.9. The topological polar surface area (TPSA) is 58.6 Å². The fraction of sp³-hybridized carbons (Fsp3) is 0.400. The van der Waals surface area contributed by atoms with Gasteiger partial charge in [0.15, 0.2) is 6.23 Å². The molecule has 2 heterocycles. The number of rotatable bonds is 3. The van der Waals surface area contributed by atoms with E-state index in [0.717, 1.165) is 11.1 Å². The number of nitrogens with zero attached hydrogens (tertiary/aromatic N) is 1. The first-order chi connectivity index (χ1) is 13.2. The Labute approximate surface area is 159 Å². The predicted molar refractivity (Wildman–Crippen MR) is 93.6 cm³/mol. The second kappa shape index (κ2) is 6.39. The minimum absolute atomic E-state index is 0.136. The van der Waals surface area contributed by atoms with Gasteiger partial charge in [-0.05, 0) is 37.0 Å². The highest BCUT2D eigenvalue weighted by Gasteiger charge is 2.45. The zero-order chi connectivity index (χ0) is 20.2. The summed E-state index contributed by atoms with van der Waals surface area (Å²) in [5.74, 6) is -1.14. The van der Waals surface area contributed by atoms with Gasteiger partial charge in [0.05, 0.1) is 17.9 Å². The Balaban J connectivity index is 1.58. The van der Waals surface area contributed by atoms with Crippen LogP contribution < -0.4 is 5.32 Å². The second-order valence-electron chi connectivity index (χ2n) is 7.38. The number of hydrogen-bond donors (Lipinski definition) is 1. The molecular formula is C20H19F3N2O3. The van der Waals surface area contributed by atoms with Gasteiger partial charge in [0.2, 0.25) is 0 Å². The van der Waals surface area contributed by atoms with Crippen molar-refractivity contribution in [3.63, 3.8) is 0 Å². The monoisotopic (exact) mass is 392 g/mol. The number of carbonyl (C=O) groups is 2. The summed E-state index contributed by atoms with van der Waals surface area (Å²) in [5.41, 5.74) is 3.21. The molecule has 1 aromatic rings. The van der Waals surface area contributed by atoms with E-state index in [1.165, 1.54) is 13.2 Å². The average Bonchev–Trinajstić information content (AvgIpc) is 3.19. The molecular weight excluding hydrogens is 373 g/mol. The minimum Gasteiger partial charge on any atom is -0.474 e. The van der Waals surface area contributed by atoms with Gasteiger partial charge in [-0.25, -0.2) is 0 Å². The molecule has 8 heteroatoms. The molecule has 1 N–H and O–H groups in total. The van der Waals surface area contributed by atoms with Crippen molar-refractivity contribution in [3.8, 4) is 0 Å². The van der Waals surface area contributed by atoms with Gasteiger partial charge < -0.3 is 10.1 Å². The van der Waals surface area contributed by atoms with Crippen LogP contribution in [0.1, 0.15) is 31.0 Å².